The van der Waals surface area contributed by atoms with E-state index in [1.54, 1.807) is 31.1 Å². The normalized spacial score (nSPS) is 14.1. The Hall–Kier alpha value is -3.91. The Morgan fingerprint density at radius 1 is 1.05 bits per heavy atom. The quantitative estimate of drug-likeness (QED) is 0.225. The lowest BCUT2D eigenvalue weighted by atomic mass is 9.95. The molecular formula is C25H35N7O6S. The van der Waals surface area contributed by atoms with Crippen LogP contribution in [0.5, 0.6) is 0 Å². The second kappa shape index (κ2) is 13.8. The number of benzene rings is 1. The summed E-state index contributed by atoms with van der Waals surface area (Å²) in [6.07, 6.45) is -0.993. The summed E-state index contributed by atoms with van der Waals surface area (Å²) < 4.78 is 0. The highest BCUT2D eigenvalue weighted by molar-refractivity contribution is 7.15. The molecule has 1 aliphatic rings. The van der Waals surface area contributed by atoms with E-state index in [-0.39, 0.29) is 17.7 Å². The van der Waals surface area contributed by atoms with E-state index < -0.39 is 18.5 Å². The molecule has 0 saturated carbocycles. The summed E-state index contributed by atoms with van der Waals surface area (Å²) in [6.45, 7) is 3.79. The maximum Gasteiger partial charge on any atom is 0.407 e. The summed E-state index contributed by atoms with van der Waals surface area (Å²) in [5.74, 6) is 0.0508. The molecule has 39 heavy (non-hydrogen) atoms. The molecule has 1 aromatic carbocycles. The van der Waals surface area contributed by atoms with Gasteiger partial charge in [-0.15, -0.1) is 11.3 Å². The largest absolute Gasteiger partial charge is 0.465 e. The van der Waals surface area contributed by atoms with E-state index in [0.717, 1.165) is 42.1 Å². The summed E-state index contributed by atoms with van der Waals surface area (Å²) in [5.41, 5.74) is 2.45. The van der Waals surface area contributed by atoms with E-state index in [1.807, 2.05) is 22.8 Å². The highest BCUT2D eigenvalue weighted by Crippen LogP contribution is 2.28. The zero-order chi connectivity index (χ0) is 28.5. The molecule has 0 aliphatic carbocycles. The molecule has 0 unspecified atom stereocenters. The van der Waals surface area contributed by atoms with Crippen LogP contribution < -0.4 is 21.3 Å². The number of nitrogens with one attached hydrogen (secondary N) is 4. The number of carbonyl (C=O) groups excluding carboxylic acids is 2. The van der Waals surface area contributed by atoms with Gasteiger partial charge >= 0.3 is 12.2 Å². The van der Waals surface area contributed by atoms with Crippen LogP contribution in [0.4, 0.5) is 20.4 Å². The fourth-order valence-corrected chi connectivity index (χ4v) is 5.46. The number of likely N-dealkylation sites (tertiary alicyclic amines) is 1. The van der Waals surface area contributed by atoms with Gasteiger partial charge in [0.2, 0.25) is 11.8 Å². The third-order valence-corrected chi connectivity index (χ3v) is 7.25. The number of aromatic nitrogens is 1. The molecule has 14 heteroatoms. The lowest BCUT2D eigenvalue weighted by molar-refractivity contribution is -0.134. The number of rotatable bonds is 11. The molecule has 2 aromatic rings. The topological polar surface area (TPSA) is 176 Å². The van der Waals surface area contributed by atoms with Gasteiger partial charge in [0.25, 0.3) is 0 Å². The molecule has 6 N–H and O–H groups in total. The number of amides is 4. The molecule has 3 rings (SSSR count). The first kappa shape index (κ1) is 29.6. The Morgan fingerprint density at radius 2 is 1.67 bits per heavy atom. The number of carboxylic acid groups (broad SMARTS) is 2. The highest BCUT2D eigenvalue weighted by Gasteiger charge is 2.27. The Balaban J connectivity index is 1.62. The SMILES string of the molecule is CC(=O)Nc1nc(CCc2ccc(NC(NC(=O)O)NC(=O)O)cc2)c(CN2CCC(C(=O)N(C)C)CC2)s1. The lowest BCUT2D eigenvalue weighted by Gasteiger charge is -2.32. The van der Waals surface area contributed by atoms with Crippen LogP contribution in [-0.4, -0.2) is 82.5 Å². The van der Waals surface area contributed by atoms with Crippen molar-refractivity contribution in [1.29, 1.82) is 0 Å². The number of piperidine rings is 1. The van der Waals surface area contributed by atoms with Gasteiger partial charge in [-0.3, -0.25) is 25.1 Å². The third-order valence-electron chi connectivity index (χ3n) is 6.26. The van der Waals surface area contributed by atoms with E-state index in [0.29, 0.717) is 30.2 Å². The minimum atomic E-state index is -1.37. The number of carbonyl (C=O) groups is 4. The van der Waals surface area contributed by atoms with Crippen LogP contribution in [0, 0.1) is 5.92 Å². The van der Waals surface area contributed by atoms with Gasteiger partial charge < -0.3 is 25.7 Å². The number of nitrogens with zero attached hydrogens (tertiary/aromatic N) is 3. The third kappa shape index (κ3) is 9.41. The van der Waals surface area contributed by atoms with Crippen LogP contribution >= 0.6 is 11.3 Å². The number of thiazole rings is 1. The van der Waals surface area contributed by atoms with Crippen molar-refractivity contribution in [3.8, 4) is 0 Å². The molecule has 1 fully saturated rings. The predicted molar refractivity (Wildman–Crippen MR) is 147 cm³/mol. The second-order valence-corrected chi connectivity index (χ2v) is 10.6. The minimum Gasteiger partial charge on any atom is -0.465 e. The average molecular weight is 562 g/mol. The minimum absolute atomic E-state index is 0.0553. The van der Waals surface area contributed by atoms with Gasteiger partial charge in [0.15, 0.2) is 11.4 Å². The van der Waals surface area contributed by atoms with Crippen molar-refractivity contribution in [2.45, 2.75) is 45.4 Å². The first-order valence-corrected chi connectivity index (χ1v) is 13.4. The zero-order valence-corrected chi connectivity index (χ0v) is 23.0. The number of anilines is 2. The maximum atomic E-state index is 12.3. The van der Waals surface area contributed by atoms with Crippen molar-refractivity contribution < 1.29 is 29.4 Å². The zero-order valence-electron chi connectivity index (χ0n) is 22.2. The van der Waals surface area contributed by atoms with Crippen molar-refractivity contribution in [2.24, 2.45) is 5.92 Å². The fraction of sp³-hybridized carbons (Fsp3) is 0.480. The van der Waals surface area contributed by atoms with Crippen molar-refractivity contribution in [2.75, 3.05) is 37.8 Å². The van der Waals surface area contributed by atoms with E-state index in [2.05, 4.69) is 20.5 Å². The van der Waals surface area contributed by atoms with Crippen molar-refractivity contribution in [3.05, 3.63) is 40.4 Å². The van der Waals surface area contributed by atoms with Crippen molar-refractivity contribution in [3.63, 3.8) is 0 Å². The van der Waals surface area contributed by atoms with Crippen molar-refractivity contribution in [1.82, 2.24) is 25.4 Å². The molecule has 13 nitrogen and oxygen atoms in total. The van der Waals surface area contributed by atoms with Gasteiger partial charge in [-0.05, 0) is 56.5 Å². The predicted octanol–water partition coefficient (Wildman–Crippen LogP) is 2.42. The first-order chi connectivity index (χ1) is 18.5. The Labute approximate surface area is 230 Å². The Kier molecular flexibility index (Phi) is 10.5. The van der Waals surface area contributed by atoms with Crippen LogP contribution in [0.25, 0.3) is 0 Å². The van der Waals surface area contributed by atoms with Gasteiger partial charge in [-0.2, -0.15) is 0 Å². The first-order valence-electron chi connectivity index (χ1n) is 12.5. The molecule has 1 aromatic heterocycles. The van der Waals surface area contributed by atoms with Crippen LogP contribution in [0.2, 0.25) is 0 Å². The van der Waals surface area contributed by atoms with Crippen molar-refractivity contribution >= 4 is 46.2 Å². The molecule has 212 valence electrons. The maximum absolute atomic E-state index is 12.3. The van der Waals surface area contributed by atoms with Gasteiger partial charge in [0.1, 0.15) is 0 Å². The molecule has 0 radical (unpaired) electrons. The summed E-state index contributed by atoms with van der Waals surface area (Å²) in [4.78, 5) is 55.5. The standard InChI is InChI=1S/C25H35N7O6S/c1-15(33)26-23-28-19(20(39-23)14-32-12-10-17(11-13-32)21(34)31(2)3)9-6-16-4-7-18(8-5-16)27-22(29-24(35)36)30-25(37)38/h4-5,7-8,17,22,27,29-30H,6,9-14H2,1-3H3,(H,35,36)(H,37,38)(H,26,28,33). The molecule has 1 aliphatic heterocycles. The molecular weight excluding hydrogens is 526 g/mol. The monoisotopic (exact) mass is 561 g/mol. The van der Waals surface area contributed by atoms with Crippen LogP contribution in [-0.2, 0) is 29.0 Å². The van der Waals surface area contributed by atoms with E-state index in [1.165, 1.54) is 18.3 Å². The fourth-order valence-electron chi connectivity index (χ4n) is 4.36. The van der Waals surface area contributed by atoms with Gasteiger partial charge in [0, 0.05) is 44.0 Å². The summed E-state index contributed by atoms with van der Waals surface area (Å²) in [7, 11) is 3.58. The molecule has 0 atom stereocenters. The van der Waals surface area contributed by atoms with Crippen LogP contribution in [0.1, 0.15) is 35.9 Å². The van der Waals surface area contributed by atoms with Gasteiger partial charge in [-0.1, -0.05) is 12.1 Å². The Morgan fingerprint density at radius 3 is 2.21 bits per heavy atom. The van der Waals surface area contributed by atoms with E-state index in [9.17, 15) is 19.2 Å². The molecule has 1 saturated heterocycles. The van der Waals surface area contributed by atoms with Crippen LogP contribution in [0.3, 0.4) is 0 Å². The second-order valence-electron chi connectivity index (χ2n) is 9.53. The van der Waals surface area contributed by atoms with Gasteiger partial charge in [-0.25, -0.2) is 14.6 Å². The van der Waals surface area contributed by atoms with E-state index in [4.69, 9.17) is 10.2 Å². The highest BCUT2D eigenvalue weighted by atomic mass is 32.1. The lowest BCUT2D eigenvalue weighted by Crippen LogP contribution is -2.52. The van der Waals surface area contributed by atoms with E-state index >= 15 is 0 Å². The molecule has 0 bridgehead atoms. The smallest absolute Gasteiger partial charge is 0.407 e. The molecule has 0 spiro atoms. The Bertz CT molecular complexity index is 1150. The number of aryl methyl sites for hydroxylation is 2. The molecule has 4 amide bonds. The summed E-state index contributed by atoms with van der Waals surface area (Å²) in [6, 6.07) is 7.21. The average Bonchev–Trinajstić information content (AvgIpc) is 3.22. The van der Waals surface area contributed by atoms with Gasteiger partial charge in [0.05, 0.1) is 5.69 Å². The van der Waals surface area contributed by atoms with Crippen LogP contribution in [0.15, 0.2) is 24.3 Å². The number of hydrogen-bond donors (Lipinski definition) is 6. The summed E-state index contributed by atoms with van der Waals surface area (Å²) in [5, 5.41) is 28.0. The summed E-state index contributed by atoms with van der Waals surface area (Å²) >= 11 is 1.47. The molecule has 2 heterocycles. The number of hydrogen-bond acceptors (Lipinski definition) is 8.